The molecule has 0 aliphatic carbocycles. The van der Waals surface area contributed by atoms with Crippen molar-refractivity contribution < 1.29 is 14.6 Å². The SMILES string of the molecule is CCC(C)CO.CCCCOC(=O)CCC. The van der Waals surface area contributed by atoms with E-state index in [1.807, 2.05) is 13.8 Å². The number of ether oxygens (including phenoxy) is 1. The van der Waals surface area contributed by atoms with E-state index in [1.54, 1.807) is 0 Å². The molecule has 0 heterocycles. The lowest BCUT2D eigenvalue weighted by Crippen LogP contribution is -2.04. The minimum absolute atomic E-state index is 0.0593. The molecule has 0 rings (SSSR count). The van der Waals surface area contributed by atoms with Gasteiger partial charge in [0.05, 0.1) is 6.61 Å². The van der Waals surface area contributed by atoms with Gasteiger partial charge in [0.25, 0.3) is 0 Å². The third-order valence-corrected chi connectivity index (χ3v) is 2.22. The van der Waals surface area contributed by atoms with Gasteiger partial charge in [0.2, 0.25) is 0 Å². The lowest BCUT2D eigenvalue weighted by Gasteiger charge is -2.00. The largest absolute Gasteiger partial charge is 0.466 e. The molecule has 1 unspecified atom stereocenters. The summed E-state index contributed by atoms with van der Waals surface area (Å²) in [5, 5.41) is 8.33. The van der Waals surface area contributed by atoms with Crippen LogP contribution in [-0.4, -0.2) is 24.3 Å². The first-order valence-corrected chi connectivity index (χ1v) is 6.38. The molecular weight excluding hydrogens is 204 g/mol. The second-order valence-electron chi connectivity index (χ2n) is 4.02. The normalized spacial score (nSPS) is 11.3. The molecule has 0 aromatic heterocycles. The fourth-order valence-electron chi connectivity index (χ4n) is 0.736. The van der Waals surface area contributed by atoms with Crippen LogP contribution in [0.3, 0.4) is 0 Å². The lowest BCUT2D eigenvalue weighted by atomic mass is 10.1. The molecule has 0 radical (unpaired) electrons. The quantitative estimate of drug-likeness (QED) is 0.542. The molecule has 98 valence electrons. The highest BCUT2D eigenvalue weighted by Crippen LogP contribution is 1.95. The van der Waals surface area contributed by atoms with Crippen molar-refractivity contribution in [2.75, 3.05) is 13.2 Å². The van der Waals surface area contributed by atoms with Gasteiger partial charge in [0.1, 0.15) is 0 Å². The van der Waals surface area contributed by atoms with E-state index in [-0.39, 0.29) is 5.97 Å². The van der Waals surface area contributed by atoms with Gasteiger partial charge in [-0.3, -0.25) is 4.79 Å². The maximum absolute atomic E-state index is 10.7. The summed E-state index contributed by atoms with van der Waals surface area (Å²) in [4.78, 5) is 10.7. The van der Waals surface area contributed by atoms with Crippen molar-refractivity contribution in [2.24, 2.45) is 5.92 Å². The second-order valence-corrected chi connectivity index (χ2v) is 4.02. The first kappa shape index (κ1) is 17.8. The predicted molar refractivity (Wildman–Crippen MR) is 67.3 cm³/mol. The van der Waals surface area contributed by atoms with Gasteiger partial charge < -0.3 is 9.84 Å². The summed E-state index contributed by atoms with van der Waals surface area (Å²) in [5.41, 5.74) is 0. The van der Waals surface area contributed by atoms with Gasteiger partial charge in [-0.05, 0) is 18.8 Å². The zero-order chi connectivity index (χ0) is 12.8. The van der Waals surface area contributed by atoms with Crippen molar-refractivity contribution >= 4 is 5.97 Å². The average Bonchev–Trinajstić information content (AvgIpc) is 2.29. The van der Waals surface area contributed by atoms with Gasteiger partial charge in [-0.15, -0.1) is 0 Å². The van der Waals surface area contributed by atoms with E-state index in [1.165, 1.54) is 0 Å². The molecule has 0 aliphatic heterocycles. The van der Waals surface area contributed by atoms with Crippen molar-refractivity contribution in [2.45, 2.75) is 59.8 Å². The highest BCUT2D eigenvalue weighted by atomic mass is 16.5. The molecule has 0 aliphatic rings. The molecular formula is C13H28O3. The van der Waals surface area contributed by atoms with Crippen molar-refractivity contribution in [3.63, 3.8) is 0 Å². The van der Waals surface area contributed by atoms with Crippen LogP contribution in [0.2, 0.25) is 0 Å². The third kappa shape index (κ3) is 15.9. The number of carbonyl (C=O) groups excluding carboxylic acids is 1. The van der Waals surface area contributed by atoms with Crippen LogP contribution in [0.25, 0.3) is 0 Å². The molecule has 3 heteroatoms. The minimum atomic E-state index is -0.0593. The van der Waals surface area contributed by atoms with E-state index >= 15 is 0 Å². The lowest BCUT2D eigenvalue weighted by molar-refractivity contribution is -0.143. The van der Waals surface area contributed by atoms with Gasteiger partial charge in [0, 0.05) is 13.0 Å². The fourth-order valence-corrected chi connectivity index (χ4v) is 0.736. The van der Waals surface area contributed by atoms with Gasteiger partial charge in [-0.1, -0.05) is 40.5 Å². The molecule has 0 spiro atoms. The highest BCUT2D eigenvalue weighted by Gasteiger charge is 1.97. The van der Waals surface area contributed by atoms with E-state index in [2.05, 4.69) is 13.8 Å². The molecule has 1 atom stereocenters. The molecule has 16 heavy (non-hydrogen) atoms. The van der Waals surface area contributed by atoms with Crippen molar-refractivity contribution in [3.8, 4) is 0 Å². The monoisotopic (exact) mass is 232 g/mol. The number of hydrogen-bond donors (Lipinski definition) is 1. The first-order valence-electron chi connectivity index (χ1n) is 6.38. The fraction of sp³-hybridized carbons (Fsp3) is 0.923. The maximum atomic E-state index is 10.7. The summed E-state index contributed by atoms with van der Waals surface area (Å²) in [6.07, 6.45) is 4.58. The number of hydrogen-bond acceptors (Lipinski definition) is 3. The number of rotatable bonds is 7. The van der Waals surface area contributed by atoms with Gasteiger partial charge in [0.15, 0.2) is 0 Å². The van der Waals surface area contributed by atoms with Crippen LogP contribution in [-0.2, 0) is 9.53 Å². The number of aliphatic hydroxyl groups excluding tert-OH is 1. The summed E-state index contributed by atoms with van der Waals surface area (Å²) in [6, 6.07) is 0. The molecule has 1 N–H and O–H groups in total. The summed E-state index contributed by atoms with van der Waals surface area (Å²) in [5.74, 6) is 0.431. The van der Waals surface area contributed by atoms with Crippen LogP contribution < -0.4 is 0 Å². The zero-order valence-electron chi connectivity index (χ0n) is 11.3. The number of carbonyl (C=O) groups is 1. The van der Waals surface area contributed by atoms with Crippen LogP contribution in [0.4, 0.5) is 0 Å². The number of aliphatic hydroxyl groups is 1. The second kappa shape index (κ2) is 14.4. The zero-order valence-corrected chi connectivity index (χ0v) is 11.3. The Morgan fingerprint density at radius 1 is 1.25 bits per heavy atom. The van der Waals surface area contributed by atoms with Crippen molar-refractivity contribution in [3.05, 3.63) is 0 Å². The average molecular weight is 232 g/mol. The van der Waals surface area contributed by atoms with Crippen LogP contribution in [0.15, 0.2) is 0 Å². The maximum Gasteiger partial charge on any atom is 0.305 e. The van der Waals surface area contributed by atoms with Gasteiger partial charge in [-0.25, -0.2) is 0 Å². The summed E-state index contributed by atoms with van der Waals surface area (Å²) in [6.45, 7) is 9.07. The van der Waals surface area contributed by atoms with Crippen LogP contribution in [0.1, 0.15) is 59.8 Å². The van der Waals surface area contributed by atoms with E-state index in [0.29, 0.717) is 25.6 Å². The molecule has 0 saturated heterocycles. The van der Waals surface area contributed by atoms with Crippen LogP contribution >= 0.6 is 0 Å². The minimum Gasteiger partial charge on any atom is -0.466 e. The molecule has 0 bridgehead atoms. The molecule has 0 aromatic carbocycles. The Morgan fingerprint density at radius 3 is 2.19 bits per heavy atom. The Kier molecular flexibility index (Phi) is 16.1. The van der Waals surface area contributed by atoms with Crippen molar-refractivity contribution in [1.82, 2.24) is 0 Å². The molecule has 0 aromatic rings. The Hall–Kier alpha value is -0.570. The van der Waals surface area contributed by atoms with Crippen LogP contribution in [0, 0.1) is 5.92 Å². The molecule has 3 nitrogen and oxygen atoms in total. The Labute approximate surface area is 100 Å². The van der Waals surface area contributed by atoms with Crippen molar-refractivity contribution in [1.29, 1.82) is 0 Å². The smallest absolute Gasteiger partial charge is 0.305 e. The summed E-state index contributed by atoms with van der Waals surface area (Å²) >= 11 is 0. The summed E-state index contributed by atoms with van der Waals surface area (Å²) < 4.78 is 4.88. The van der Waals surface area contributed by atoms with E-state index in [4.69, 9.17) is 9.84 Å². The first-order chi connectivity index (χ1) is 7.62. The summed E-state index contributed by atoms with van der Waals surface area (Å²) in [7, 11) is 0. The topological polar surface area (TPSA) is 46.5 Å². The Bertz CT molecular complexity index is 142. The van der Waals surface area contributed by atoms with E-state index < -0.39 is 0 Å². The highest BCUT2D eigenvalue weighted by molar-refractivity contribution is 5.69. The molecule has 0 amide bonds. The number of esters is 1. The Balaban J connectivity index is 0. The number of unbranched alkanes of at least 4 members (excludes halogenated alkanes) is 1. The standard InChI is InChI=1S/C8H16O2.C5H12O/c1-3-5-7-10-8(9)6-4-2;1-3-5(2)4-6/h3-7H2,1-2H3;5-6H,3-4H2,1-2H3. The molecule has 0 saturated carbocycles. The molecule has 0 fully saturated rings. The third-order valence-electron chi connectivity index (χ3n) is 2.22. The van der Waals surface area contributed by atoms with E-state index in [9.17, 15) is 4.79 Å². The van der Waals surface area contributed by atoms with Gasteiger partial charge >= 0.3 is 5.97 Å². The van der Waals surface area contributed by atoms with Gasteiger partial charge in [-0.2, -0.15) is 0 Å². The predicted octanol–water partition coefficient (Wildman–Crippen LogP) is 3.15. The van der Waals surface area contributed by atoms with E-state index in [0.717, 1.165) is 25.7 Å². The Morgan fingerprint density at radius 2 is 1.88 bits per heavy atom. The van der Waals surface area contributed by atoms with Crippen LogP contribution in [0.5, 0.6) is 0 Å².